The molecule has 2 aromatic rings. The van der Waals surface area contributed by atoms with E-state index in [0.717, 1.165) is 16.5 Å². The third-order valence-corrected chi connectivity index (χ3v) is 5.00. The molecule has 0 saturated carbocycles. The second-order valence-corrected chi connectivity index (χ2v) is 8.43. The van der Waals surface area contributed by atoms with Crippen molar-refractivity contribution in [1.29, 1.82) is 0 Å². The number of ether oxygens (including phenoxy) is 1. The third-order valence-electron chi connectivity index (χ3n) is 5.00. The largest absolute Gasteiger partial charge is 0.444 e. The maximum atomic E-state index is 12.8. The molecule has 2 rings (SSSR count). The number of hydrogen-bond acceptors (Lipinski definition) is 3. The zero-order valence-corrected chi connectivity index (χ0v) is 17.9. The van der Waals surface area contributed by atoms with Gasteiger partial charge in [-0.15, -0.1) is 0 Å². The average Bonchev–Trinajstić information content (AvgIpc) is 2.99. The molecule has 0 radical (unpaired) electrons. The van der Waals surface area contributed by atoms with Crippen LogP contribution >= 0.6 is 0 Å². The van der Waals surface area contributed by atoms with E-state index < -0.39 is 17.2 Å². The minimum atomic E-state index is -0.553. The van der Waals surface area contributed by atoms with Gasteiger partial charge in [0.1, 0.15) is 5.60 Å². The highest BCUT2D eigenvalue weighted by molar-refractivity contribution is 5.89. The van der Waals surface area contributed by atoms with E-state index in [0.29, 0.717) is 19.4 Å². The van der Waals surface area contributed by atoms with E-state index in [1.807, 2.05) is 59.9 Å². The number of amides is 2. The highest BCUT2D eigenvalue weighted by Gasteiger charge is 2.29. The van der Waals surface area contributed by atoms with Gasteiger partial charge in [-0.1, -0.05) is 26.0 Å². The summed E-state index contributed by atoms with van der Waals surface area (Å²) in [6.07, 6.45) is 3.12. The molecule has 0 fully saturated rings. The van der Waals surface area contributed by atoms with Crippen LogP contribution in [0.3, 0.4) is 0 Å². The van der Waals surface area contributed by atoms with Crippen molar-refractivity contribution in [2.75, 3.05) is 6.54 Å². The van der Waals surface area contributed by atoms with Gasteiger partial charge in [-0.25, -0.2) is 4.79 Å². The Morgan fingerprint density at radius 2 is 1.82 bits per heavy atom. The first-order valence-corrected chi connectivity index (χ1v) is 9.92. The fourth-order valence-corrected chi connectivity index (χ4v) is 3.24. The number of carbonyl (C=O) groups is 2. The number of fused-ring (bicyclic) bond motifs is 1. The van der Waals surface area contributed by atoms with Crippen molar-refractivity contribution in [3.63, 3.8) is 0 Å². The molecule has 1 heterocycles. The number of aryl methyl sites for hydroxylation is 1. The Balaban J connectivity index is 2.03. The molecule has 6 nitrogen and oxygen atoms in total. The van der Waals surface area contributed by atoms with Gasteiger partial charge in [0, 0.05) is 23.6 Å². The summed E-state index contributed by atoms with van der Waals surface area (Å²) in [5, 5.41) is 7.00. The summed E-state index contributed by atoms with van der Waals surface area (Å²) in [5.74, 6) is -0.0591. The molecule has 0 spiro atoms. The summed E-state index contributed by atoms with van der Waals surface area (Å²) in [4.78, 5) is 28.0. The Bertz CT molecular complexity index is 829. The van der Waals surface area contributed by atoms with Gasteiger partial charge in [-0.3, -0.25) is 4.79 Å². The molecular formula is C22H33N3O3. The minimum Gasteiger partial charge on any atom is -0.444 e. The molecule has 28 heavy (non-hydrogen) atoms. The number of nitrogens with one attached hydrogen (secondary N) is 3. The smallest absolute Gasteiger partial charge is 0.407 e. The lowest BCUT2D eigenvalue weighted by Gasteiger charge is -2.33. The van der Waals surface area contributed by atoms with Crippen molar-refractivity contribution in [3.05, 3.63) is 35.5 Å². The van der Waals surface area contributed by atoms with Crippen LogP contribution in [-0.2, 0) is 16.0 Å². The van der Waals surface area contributed by atoms with Crippen LogP contribution in [0.2, 0.25) is 0 Å². The number of rotatable bonds is 7. The Morgan fingerprint density at radius 3 is 2.43 bits per heavy atom. The van der Waals surface area contributed by atoms with E-state index in [9.17, 15) is 9.59 Å². The molecule has 0 bridgehead atoms. The monoisotopic (exact) mass is 387 g/mol. The van der Waals surface area contributed by atoms with E-state index in [1.165, 1.54) is 5.56 Å². The van der Waals surface area contributed by atoms with Crippen molar-refractivity contribution in [2.24, 2.45) is 0 Å². The van der Waals surface area contributed by atoms with E-state index in [1.54, 1.807) is 0 Å². The SMILES string of the molecule is CCC(CC)(CNC(=O)OC(C)(C)C)NC(=O)Cc1c[nH]c2cc(C)ccc12. The Kier molecular flexibility index (Phi) is 6.75. The number of alkyl carbamates (subject to hydrolysis) is 1. The first-order valence-electron chi connectivity index (χ1n) is 9.92. The maximum absolute atomic E-state index is 12.8. The van der Waals surface area contributed by atoms with Gasteiger partial charge < -0.3 is 20.4 Å². The van der Waals surface area contributed by atoms with Crippen LogP contribution in [0.25, 0.3) is 10.9 Å². The Morgan fingerprint density at radius 1 is 1.14 bits per heavy atom. The standard InChI is InChI=1S/C22H33N3O3/c1-7-22(8-2,14-24-20(27)28-21(4,5)6)25-19(26)12-16-13-23-18-11-15(3)9-10-17(16)18/h9-11,13,23H,7-8,12,14H2,1-6H3,(H,24,27)(H,25,26). The molecule has 0 aliphatic rings. The number of H-pyrrole nitrogens is 1. The van der Waals surface area contributed by atoms with Gasteiger partial charge in [0.2, 0.25) is 5.91 Å². The van der Waals surface area contributed by atoms with Gasteiger partial charge in [0.25, 0.3) is 0 Å². The Hall–Kier alpha value is -2.50. The highest BCUT2D eigenvalue weighted by Crippen LogP contribution is 2.21. The first-order chi connectivity index (χ1) is 13.1. The average molecular weight is 388 g/mol. The van der Waals surface area contributed by atoms with Gasteiger partial charge in [-0.05, 0) is 57.7 Å². The molecule has 1 aromatic carbocycles. The van der Waals surface area contributed by atoms with Gasteiger partial charge in [-0.2, -0.15) is 0 Å². The van der Waals surface area contributed by atoms with Crippen LogP contribution in [0.5, 0.6) is 0 Å². The second kappa shape index (κ2) is 8.67. The molecule has 1 aromatic heterocycles. The van der Waals surface area contributed by atoms with E-state index in [-0.39, 0.29) is 12.3 Å². The topological polar surface area (TPSA) is 83.2 Å². The fourth-order valence-electron chi connectivity index (χ4n) is 3.24. The van der Waals surface area contributed by atoms with Crippen molar-refractivity contribution in [1.82, 2.24) is 15.6 Å². The predicted molar refractivity (Wildman–Crippen MR) is 112 cm³/mol. The number of aromatic amines is 1. The summed E-state index contributed by atoms with van der Waals surface area (Å²) in [6.45, 7) is 11.9. The lowest BCUT2D eigenvalue weighted by molar-refractivity contribution is -0.122. The number of benzene rings is 1. The Labute approximate surface area is 167 Å². The summed E-state index contributed by atoms with van der Waals surface area (Å²) in [6, 6.07) is 6.16. The molecule has 0 unspecified atom stereocenters. The first kappa shape index (κ1) is 21.8. The molecule has 3 N–H and O–H groups in total. The second-order valence-electron chi connectivity index (χ2n) is 8.43. The molecule has 6 heteroatoms. The lowest BCUT2D eigenvalue weighted by atomic mass is 9.92. The predicted octanol–water partition coefficient (Wildman–Crippen LogP) is 4.22. The lowest BCUT2D eigenvalue weighted by Crippen LogP contribution is -2.55. The van der Waals surface area contributed by atoms with Crippen LogP contribution in [0.15, 0.2) is 24.4 Å². The number of hydrogen-bond donors (Lipinski definition) is 3. The molecular weight excluding hydrogens is 354 g/mol. The maximum Gasteiger partial charge on any atom is 0.407 e. The zero-order chi connectivity index (χ0) is 20.9. The molecule has 0 saturated heterocycles. The normalized spacial score (nSPS) is 12.1. The molecule has 0 aliphatic heterocycles. The van der Waals surface area contributed by atoms with Crippen LogP contribution < -0.4 is 10.6 Å². The number of aromatic nitrogens is 1. The van der Waals surface area contributed by atoms with Crippen LogP contribution in [0, 0.1) is 6.92 Å². The summed E-state index contributed by atoms with van der Waals surface area (Å²) < 4.78 is 5.30. The van der Waals surface area contributed by atoms with E-state index in [2.05, 4.69) is 21.7 Å². The van der Waals surface area contributed by atoms with Crippen molar-refractivity contribution in [3.8, 4) is 0 Å². The molecule has 2 amide bonds. The summed E-state index contributed by atoms with van der Waals surface area (Å²) in [5.41, 5.74) is 2.12. The number of carbonyl (C=O) groups excluding carboxylic acids is 2. The van der Waals surface area contributed by atoms with Gasteiger partial charge >= 0.3 is 6.09 Å². The quantitative estimate of drug-likeness (QED) is 0.665. The van der Waals surface area contributed by atoms with Crippen molar-refractivity contribution in [2.45, 2.75) is 71.9 Å². The van der Waals surface area contributed by atoms with Crippen LogP contribution in [-0.4, -0.2) is 34.7 Å². The fraction of sp³-hybridized carbons (Fsp3) is 0.545. The zero-order valence-electron chi connectivity index (χ0n) is 17.9. The van der Waals surface area contributed by atoms with Gasteiger partial charge in [0.15, 0.2) is 0 Å². The minimum absolute atomic E-state index is 0.0591. The van der Waals surface area contributed by atoms with Crippen molar-refractivity contribution >= 4 is 22.9 Å². The third kappa shape index (κ3) is 5.75. The summed E-state index contributed by atoms with van der Waals surface area (Å²) >= 11 is 0. The van der Waals surface area contributed by atoms with E-state index in [4.69, 9.17) is 4.74 Å². The van der Waals surface area contributed by atoms with Crippen LogP contribution in [0.1, 0.15) is 58.6 Å². The van der Waals surface area contributed by atoms with Crippen LogP contribution in [0.4, 0.5) is 4.79 Å². The van der Waals surface area contributed by atoms with E-state index >= 15 is 0 Å². The molecule has 0 aliphatic carbocycles. The molecule has 0 atom stereocenters. The molecule has 154 valence electrons. The summed E-state index contributed by atoms with van der Waals surface area (Å²) in [7, 11) is 0. The van der Waals surface area contributed by atoms with Gasteiger partial charge in [0.05, 0.1) is 12.0 Å². The van der Waals surface area contributed by atoms with Crippen molar-refractivity contribution < 1.29 is 14.3 Å². The highest BCUT2D eigenvalue weighted by atomic mass is 16.6.